The molecule has 0 saturated heterocycles. The van der Waals surface area contributed by atoms with Crippen LogP contribution in [0.2, 0.25) is 0 Å². The van der Waals surface area contributed by atoms with Gasteiger partial charge in [0.1, 0.15) is 18.4 Å². The molecule has 1 aliphatic rings. The van der Waals surface area contributed by atoms with Crippen molar-refractivity contribution in [2.24, 2.45) is 17.6 Å². The van der Waals surface area contributed by atoms with Gasteiger partial charge < -0.3 is 35.4 Å². The van der Waals surface area contributed by atoms with Crippen molar-refractivity contribution in [3.8, 4) is 0 Å². The normalized spacial score (nSPS) is 18.9. The summed E-state index contributed by atoms with van der Waals surface area (Å²) in [7, 11) is -4.79. The summed E-state index contributed by atoms with van der Waals surface area (Å²) in [5.74, 6) is -3.42. The average molecular weight is 944 g/mol. The minimum atomic E-state index is -4.79. The van der Waals surface area contributed by atoms with Crippen molar-refractivity contribution in [2.45, 2.75) is 237 Å². The maximum absolute atomic E-state index is 12.8. The SMILES string of the molecule is CCCCCCCCCCCCCCCCCCCCCCCC(=O)OC[C@H](COP(=O)(O)OC[C@H](N)C(=O)O)OC(=O)CCC/C=C\C[C@H]1C(=O)C[C@@H](O)[C@@H]1/C=C/[C@@H](O)CCCCC. The molecule has 1 rings (SSSR count). The molecule has 378 valence electrons. The van der Waals surface area contributed by atoms with E-state index in [1.165, 1.54) is 109 Å². The Morgan fingerprint density at radius 2 is 1.20 bits per heavy atom. The van der Waals surface area contributed by atoms with Gasteiger partial charge in [-0.3, -0.25) is 28.2 Å². The average Bonchev–Trinajstić information content (AvgIpc) is 3.54. The summed E-state index contributed by atoms with van der Waals surface area (Å²) in [5.41, 5.74) is 5.34. The van der Waals surface area contributed by atoms with Crippen LogP contribution in [0.15, 0.2) is 24.3 Å². The summed E-state index contributed by atoms with van der Waals surface area (Å²) in [6, 6.07) is -1.57. The third kappa shape index (κ3) is 33.6. The van der Waals surface area contributed by atoms with Gasteiger partial charge in [-0.05, 0) is 32.1 Å². The van der Waals surface area contributed by atoms with Crippen LogP contribution in [-0.4, -0.2) is 88.1 Å². The van der Waals surface area contributed by atoms with Crippen LogP contribution in [0, 0.1) is 11.8 Å². The molecule has 0 spiro atoms. The molecule has 1 saturated carbocycles. The van der Waals surface area contributed by atoms with Gasteiger partial charge >= 0.3 is 25.7 Å². The van der Waals surface area contributed by atoms with Gasteiger partial charge in [0.25, 0.3) is 0 Å². The Hall–Kier alpha value is -2.45. The zero-order valence-electron chi connectivity index (χ0n) is 40.3. The van der Waals surface area contributed by atoms with E-state index in [-0.39, 0.29) is 31.0 Å². The van der Waals surface area contributed by atoms with Gasteiger partial charge in [-0.1, -0.05) is 186 Å². The van der Waals surface area contributed by atoms with Crippen molar-refractivity contribution >= 4 is 31.5 Å². The zero-order chi connectivity index (χ0) is 48.0. The standard InChI is InChI=1S/C50H90NO13P/c1-3-5-7-8-9-10-11-12-13-14-15-16-17-18-19-20-21-22-23-24-29-33-48(55)61-38-42(39-62-65(59,60)63-40-45(51)50(57)58)64-49(56)34-30-26-25-28-32-43-44(47(54)37-46(43)53)36-35-41(52)31-27-6-4-2/h25,28,35-36,41-45,47,52,54H,3-24,26-27,29-34,37-40,51H2,1-2H3,(H,57,58)(H,59,60)/b28-25-,36-35+/t41-,42+,43+,44+,45-,47+/m0/s1. The quantitative estimate of drug-likeness (QED) is 0.0166. The number of carboxylic acids is 1. The Kier molecular flexibility index (Phi) is 36.8. The first-order chi connectivity index (χ1) is 31.3. The fourth-order valence-electron chi connectivity index (χ4n) is 7.99. The summed E-state index contributed by atoms with van der Waals surface area (Å²) >= 11 is 0. The highest BCUT2D eigenvalue weighted by molar-refractivity contribution is 7.47. The lowest BCUT2D eigenvalue weighted by Crippen LogP contribution is -2.34. The molecule has 1 aliphatic carbocycles. The highest BCUT2D eigenvalue weighted by Gasteiger charge is 2.39. The predicted octanol–water partition coefficient (Wildman–Crippen LogP) is 10.8. The highest BCUT2D eigenvalue weighted by atomic mass is 31.2. The summed E-state index contributed by atoms with van der Waals surface area (Å²) < 4.78 is 32.8. The lowest BCUT2D eigenvalue weighted by atomic mass is 9.90. The molecule has 1 fully saturated rings. The third-order valence-electron chi connectivity index (χ3n) is 12.1. The summed E-state index contributed by atoms with van der Waals surface area (Å²) in [5, 5.41) is 29.7. The number of carbonyl (C=O) groups is 4. The fourth-order valence-corrected chi connectivity index (χ4v) is 8.77. The van der Waals surface area contributed by atoms with E-state index in [4.69, 9.17) is 24.8 Å². The Morgan fingerprint density at radius 3 is 1.74 bits per heavy atom. The number of aliphatic hydroxyl groups excluding tert-OH is 2. The Morgan fingerprint density at radius 1 is 0.708 bits per heavy atom. The van der Waals surface area contributed by atoms with Crippen LogP contribution in [0.4, 0.5) is 0 Å². The number of unbranched alkanes of at least 4 members (excludes halogenated alkanes) is 23. The van der Waals surface area contributed by atoms with Crippen molar-refractivity contribution < 1.29 is 62.5 Å². The number of Topliss-reactive ketones (excluding diaryl/α,β-unsaturated/α-hetero) is 1. The van der Waals surface area contributed by atoms with E-state index in [0.29, 0.717) is 32.1 Å². The molecular formula is C50H90NO13P. The molecule has 7 atom stereocenters. The number of phosphoric ester groups is 1. The molecule has 65 heavy (non-hydrogen) atoms. The summed E-state index contributed by atoms with van der Waals surface area (Å²) in [6.45, 7) is 2.46. The van der Waals surface area contributed by atoms with Gasteiger partial charge in [0.2, 0.25) is 0 Å². The van der Waals surface area contributed by atoms with E-state index in [2.05, 4.69) is 18.4 Å². The van der Waals surface area contributed by atoms with Crippen LogP contribution in [0.3, 0.4) is 0 Å². The zero-order valence-corrected chi connectivity index (χ0v) is 41.2. The van der Waals surface area contributed by atoms with Gasteiger partial charge in [-0.15, -0.1) is 0 Å². The van der Waals surface area contributed by atoms with Crippen LogP contribution < -0.4 is 5.73 Å². The number of aliphatic hydroxyl groups is 2. The molecule has 0 radical (unpaired) electrons. The smallest absolute Gasteiger partial charge is 0.472 e. The summed E-state index contributed by atoms with van der Waals surface area (Å²) in [4.78, 5) is 58.9. The number of esters is 2. The van der Waals surface area contributed by atoms with Gasteiger partial charge in [0, 0.05) is 31.1 Å². The summed E-state index contributed by atoms with van der Waals surface area (Å²) in [6.07, 6.45) is 36.1. The van der Waals surface area contributed by atoms with E-state index >= 15 is 0 Å². The maximum Gasteiger partial charge on any atom is 0.472 e. The number of ketones is 1. The monoisotopic (exact) mass is 944 g/mol. The van der Waals surface area contributed by atoms with Crippen LogP contribution >= 0.6 is 7.82 Å². The number of allylic oxidation sites excluding steroid dienone is 2. The number of hydrogen-bond donors (Lipinski definition) is 5. The Bertz CT molecular complexity index is 1360. The van der Waals surface area contributed by atoms with Crippen molar-refractivity contribution in [1.29, 1.82) is 0 Å². The number of carbonyl (C=O) groups excluding carboxylic acids is 3. The van der Waals surface area contributed by atoms with E-state index in [1.54, 1.807) is 12.2 Å². The predicted molar refractivity (Wildman–Crippen MR) is 255 cm³/mol. The molecule has 15 heteroatoms. The molecule has 0 aromatic rings. The number of carboxylic acid groups (broad SMARTS) is 1. The first-order valence-electron chi connectivity index (χ1n) is 25.5. The van der Waals surface area contributed by atoms with E-state index < -0.39 is 75.8 Å². The molecule has 0 aromatic heterocycles. The van der Waals surface area contributed by atoms with E-state index in [9.17, 15) is 38.8 Å². The maximum atomic E-state index is 12.8. The second-order valence-electron chi connectivity index (χ2n) is 18.1. The van der Waals surface area contributed by atoms with Gasteiger partial charge in [-0.2, -0.15) is 0 Å². The molecule has 0 aliphatic heterocycles. The lowest BCUT2D eigenvalue weighted by Gasteiger charge is -2.20. The lowest BCUT2D eigenvalue weighted by molar-refractivity contribution is -0.161. The molecule has 0 heterocycles. The number of aliphatic carboxylic acids is 1. The molecule has 1 unspecified atom stereocenters. The molecule has 14 nitrogen and oxygen atoms in total. The van der Waals surface area contributed by atoms with Crippen molar-refractivity contribution in [3.63, 3.8) is 0 Å². The Balaban J connectivity index is 2.39. The molecular weight excluding hydrogens is 854 g/mol. The van der Waals surface area contributed by atoms with Crippen LogP contribution in [0.1, 0.15) is 213 Å². The first-order valence-corrected chi connectivity index (χ1v) is 27.0. The van der Waals surface area contributed by atoms with Crippen LogP contribution in [0.25, 0.3) is 0 Å². The number of rotatable bonds is 44. The molecule has 6 N–H and O–H groups in total. The van der Waals surface area contributed by atoms with Crippen molar-refractivity contribution in [3.05, 3.63) is 24.3 Å². The van der Waals surface area contributed by atoms with Crippen LogP contribution in [-0.2, 0) is 42.3 Å². The fraction of sp³-hybridized carbons (Fsp3) is 0.840. The van der Waals surface area contributed by atoms with Crippen LogP contribution in [0.5, 0.6) is 0 Å². The topological polar surface area (TPSA) is 229 Å². The van der Waals surface area contributed by atoms with Gasteiger partial charge in [0.15, 0.2) is 6.10 Å². The Labute approximate surface area is 391 Å². The third-order valence-corrected chi connectivity index (χ3v) is 13.0. The first kappa shape index (κ1) is 60.6. The molecule has 0 amide bonds. The number of hydrogen-bond acceptors (Lipinski definition) is 12. The van der Waals surface area contributed by atoms with Gasteiger partial charge in [-0.25, -0.2) is 4.57 Å². The van der Waals surface area contributed by atoms with Crippen molar-refractivity contribution in [2.75, 3.05) is 19.8 Å². The minimum absolute atomic E-state index is 0.0304. The second-order valence-corrected chi connectivity index (χ2v) is 19.5. The van der Waals surface area contributed by atoms with E-state index in [0.717, 1.165) is 38.5 Å². The number of ether oxygens (including phenoxy) is 2. The highest BCUT2D eigenvalue weighted by Crippen LogP contribution is 2.43. The second kappa shape index (κ2) is 39.5. The number of nitrogens with two attached hydrogens (primary N) is 1. The van der Waals surface area contributed by atoms with E-state index in [1.807, 2.05) is 12.2 Å². The van der Waals surface area contributed by atoms with Crippen molar-refractivity contribution in [1.82, 2.24) is 0 Å². The number of phosphoric acid groups is 1. The molecule has 0 aromatic carbocycles. The molecule has 0 bridgehead atoms. The largest absolute Gasteiger partial charge is 0.480 e. The van der Waals surface area contributed by atoms with Gasteiger partial charge in [0.05, 0.1) is 25.4 Å². The minimum Gasteiger partial charge on any atom is -0.480 e.